The summed E-state index contributed by atoms with van der Waals surface area (Å²) in [6, 6.07) is 22.0. The first kappa shape index (κ1) is 47.3. The molecule has 320 valence electrons. The number of hydrogen-bond acceptors (Lipinski definition) is 8. The van der Waals surface area contributed by atoms with E-state index in [2.05, 4.69) is 35.1 Å². The number of anilines is 2. The highest BCUT2D eigenvalue weighted by Crippen LogP contribution is 2.25. The largest absolute Gasteiger partial charge is 0.573 e. The molecule has 0 atom stereocenters. The first-order chi connectivity index (χ1) is 28.7. The number of rotatable bonds is 9. The van der Waals surface area contributed by atoms with Gasteiger partial charge in [0.2, 0.25) is 0 Å². The smallest absolute Gasteiger partial charge is 0.406 e. The first-order valence-corrected chi connectivity index (χ1v) is 18.5. The number of ether oxygens (including phenoxy) is 2. The third kappa shape index (κ3) is 15.6. The lowest BCUT2D eigenvalue weighted by Crippen LogP contribution is -2.30. The van der Waals surface area contributed by atoms with E-state index in [9.17, 15) is 45.5 Å². The Hall–Kier alpha value is -6.37. The Balaban J connectivity index is 0.000000230. The van der Waals surface area contributed by atoms with E-state index in [1.165, 1.54) is 47.2 Å². The van der Waals surface area contributed by atoms with Gasteiger partial charge in [-0.15, -0.1) is 37.9 Å². The van der Waals surface area contributed by atoms with Gasteiger partial charge < -0.3 is 29.7 Å². The van der Waals surface area contributed by atoms with Crippen LogP contribution in [0.2, 0.25) is 10.3 Å². The molecule has 3 N–H and O–H groups in total. The zero-order valence-corrected chi connectivity index (χ0v) is 33.8. The van der Waals surface area contributed by atoms with Crippen LogP contribution in [0.5, 0.6) is 11.5 Å². The van der Waals surface area contributed by atoms with Crippen LogP contribution in [0.1, 0.15) is 43.2 Å². The van der Waals surface area contributed by atoms with Crippen LogP contribution in [0.25, 0.3) is 0 Å². The first-order valence-electron chi connectivity index (χ1n) is 17.2. The van der Waals surface area contributed by atoms with E-state index in [0.29, 0.717) is 22.4 Å². The second kappa shape index (κ2) is 21.2. The van der Waals surface area contributed by atoms with Gasteiger partial charge in [-0.1, -0.05) is 23.2 Å². The van der Waals surface area contributed by atoms with E-state index in [1.807, 2.05) is 6.07 Å². The number of nitrogens with zero attached hydrogens (tertiary/aromatic N) is 3. The molecule has 2 amide bonds. The normalized spacial score (nSPS) is 10.9. The summed E-state index contributed by atoms with van der Waals surface area (Å²) in [4.78, 5) is 59.1. The molecule has 0 spiro atoms. The number of aromatic nitrogens is 4. The minimum atomic E-state index is -4.81. The van der Waals surface area contributed by atoms with Gasteiger partial charge >= 0.3 is 12.7 Å². The number of aromatic amines is 1. The van der Waals surface area contributed by atoms with Crippen LogP contribution in [0.3, 0.4) is 0 Å². The van der Waals surface area contributed by atoms with Crippen molar-refractivity contribution in [3.05, 3.63) is 174 Å². The number of carbonyl (C=O) groups excluding carboxylic acids is 2. The van der Waals surface area contributed by atoms with Gasteiger partial charge in [-0.3, -0.25) is 19.2 Å². The number of nitrogens with one attached hydrogen (secondary N) is 3. The van der Waals surface area contributed by atoms with E-state index in [-0.39, 0.29) is 34.2 Å². The molecule has 0 saturated heterocycles. The molecule has 6 aromatic rings. The number of benzene rings is 2. The number of halogens is 9. The number of H-pyrrole nitrogens is 1. The fourth-order valence-electron chi connectivity index (χ4n) is 4.92. The molecule has 0 unspecified atom stereocenters. The average Bonchev–Trinajstić information content (AvgIpc) is 3.17. The number of amides is 2. The van der Waals surface area contributed by atoms with Crippen LogP contribution >= 0.6 is 34.8 Å². The Kier molecular flexibility index (Phi) is 16.5. The van der Waals surface area contributed by atoms with E-state index in [1.54, 1.807) is 50.4 Å². The SMILES string of the molecule is Cc1ccc(C(=O)Nc2ccc(OC(F)(F)F)cc2)c(=O)[nH]1.Cc1ccc(C(=O)Nc2ccc(OC(F)(F)F)cc2)c(=O)n1Cc1ccnc(Cl)c1.ClCc1ccnc(Cl)c1. The summed E-state index contributed by atoms with van der Waals surface area (Å²) in [5.74, 6) is -1.69. The lowest BCUT2D eigenvalue weighted by atomic mass is 10.2. The summed E-state index contributed by atoms with van der Waals surface area (Å²) in [6.45, 7) is 3.59. The highest BCUT2D eigenvalue weighted by atomic mass is 35.5. The maximum atomic E-state index is 12.8. The summed E-state index contributed by atoms with van der Waals surface area (Å²) in [5, 5.41) is 5.68. The zero-order valence-electron chi connectivity index (χ0n) is 31.5. The molecule has 2 aromatic carbocycles. The van der Waals surface area contributed by atoms with Crippen molar-refractivity contribution in [2.75, 3.05) is 10.6 Å². The van der Waals surface area contributed by atoms with Gasteiger partial charge in [-0.2, -0.15) is 0 Å². The van der Waals surface area contributed by atoms with E-state index >= 15 is 0 Å². The standard InChI is InChI=1S/C20H15ClF3N3O3.C14H11F3N2O3.C6H5Cl2N/c1-12-2-7-16(19(29)27(12)11-13-8-9-25-17(21)10-13)18(28)26-14-3-5-15(6-4-14)30-20(22,23)24;1-8-2-7-11(12(20)18-8)13(21)19-9-3-5-10(6-4-9)22-14(15,16)17;7-4-5-1-2-9-6(8)3-5/h2-10H,11H2,1H3,(H,26,28);2-7H,1H3,(H,18,20)(H,19,21);1-3H,4H2. The molecule has 12 nitrogen and oxygen atoms in total. The lowest BCUT2D eigenvalue weighted by molar-refractivity contribution is -0.275. The van der Waals surface area contributed by atoms with Gasteiger partial charge in [0.25, 0.3) is 22.9 Å². The highest BCUT2D eigenvalue weighted by Gasteiger charge is 2.31. The maximum absolute atomic E-state index is 12.8. The maximum Gasteiger partial charge on any atom is 0.573 e. The summed E-state index contributed by atoms with van der Waals surface area (Å²) in [5.41, 5.74) is 2.15. The van der Waals surface area contributed by atoms with Crippen molar-refractivity contribution in [3.8, 4) is 11.5 Å². The lowest BCUT2D eigenvalue weighted by Gasteiger charge is -2.13. The minimum absolute atomic E-state index is 0.0961. The van der Waals surface area contributed by atoms with Crippen molar-refractivity contribution in [1.29, 1.82) is 0 Å². The molecule has 0 aliphatic heterocycles. The van der Waals surface area contributed by atoms with Gasteiger partial charge in [0.1, 0.15) is 32.9 Å². The molecule has 0 aliphatic rings. The van der Waals surface area contributed by atoms with E-state index in [0.717, 1.165) is 35.4 Å². The van der Waals surface area contributed by atoms with E-state index in [4.69, 9.17) is 34.8 Å². The number of hydrogen-bond donors (Lipinski definition) is 3. The summed E-state index contributed by atoms with van der Waals surface area (Å²) >= 11 is 16.9. The fourth-order valence-corrected chi connectivity index (χ4v) is 5.48. The van der Waals surface area contributed by atoms with Crippen molar-refractivity contribution in [2.45, 2.75) is 39.0 Å². The van der Waals surface area contributed by atoms with Gasteiger partial charge in [0, 0.05) is 41.0 Å². The van der Waals surface area contributed by atoms with Crippen LogP contribution in [-0.2, 0) is 12.4 Å². The van der Waals surface area contributed by atoms with Gasteiger partial charge in [-0.05, 0) is 122 Å². The Morgan fingerprint density at radius 3 is 1.57 bits per heavy atom. The monoisotopic (exact) mass is 910 g/mol. The Morgan fingerprint density at radius 1 is 0.672 bits per heavy atom. The molecule has 6 rings (SSSR count). The van der Waals surface area contributed by atoms with Gasteiger partial charge in [0.15, 0.2) is 0 Å². The molecule has 4 aromatic heterocycles. The minimum Gasteiger partial charge on any atom is -0.406 e. The molecule has 4 heterocycles. The van der Waals surface area contributed by atoms with Crippen LogP contribution < -0.4 is 31.2 Å². The third-order valence-corrected chi connectivity index (χ3v) is 8.43. The Bertz CT molecular complexity index is 2570. The molecule has 21 heteroatoms. The van der Waals surface area contributed by atoms with Crippen molar-refractivity contribution >= 4 is 58.0 Å². The number of aryl methyl sites for hydroxylation is 2. The number of carbonyl (C=O) groups is 2. The van der Waals surface area contributed by atoms with Gasteiger partial charge in [0.05, 0.1) is 6.54 Å². The Morgan fingerprint density at radius 2 is 1.13 bits per heavy atom. The quantitative estimate of drug-likeness (QED) is 0.0736. The summed E-state index contributed by atoms with van der Waals surface area (Å²) in [6.07, 6.45) is -6.43. The topological polar surface area (TPSA) is 157 Å². The van der Waals surface area contributed by atoms with Crippen molar-refractivity contribution in [2.24, 2.45) is 0 Å². The van der Waals surface area contributed by atoms with Crippen molar-refractivity contribution in [3.63, 3.8) is 0 Å². The zero-order chi connectivity index (χ0) is 44.9. The highest BCUT2D eigenvalue weighted by molar-refractivity contribution is 6.29. The van der Waals surface area contributed by atoms with Crippen molar-refractivity contribution < 1.29 is 45.4 Å². The number of alkyl halides is 7. The molecular formula is C40H31Cl3F6N6O6. The molecule has 0 fully saturated rings. The molecule has 0 aliphatic carbocycles. The van der Waals surface area contributed by atoms with Gasteiger partial charge in [-0.25, -0.2) is 9.97 Å². The van der Waals surface area contributed by atoms with Crippen molar-refractivity contribution in [1.82, 2.24) is 19.5 Å². The predicted molar refractivity (Wildman–Crippen MR) is 217 cm³/mol. The predicted octanol–water partition coefficient (Wildman–Crippen LogP) is 9.71. The molecule has 61 heavy (non-hydrogen) atoms. The van der Waals surface area contributed by atoms with Crippen LogP contribution in [0, 0.1) is 13.8 Å². The van der Waals surface area contributed by atoms with Crippen LogP contribution in [-0.4, -0.2) is 44.1 Å². The third-order valence-electron chi connectivity index (χ3n) is 7.71. The Labute approximate surface area is 357 Å². The van der Waals surface area contributed by atoms with Crippen LogP contribution in [0.4, 0.5) is 37.7 Å². The molecule has 0 radical (unpaired) electrons. The van der Waals surface area contributed by atoms with E-state index < -0.39 is 47.2 Å². The number of pyridine rings is 4. The summed E-state index contributed by atoms with van der Waals surface area (Å²) < 4.78 is 81.6. The summed E-state index contributed by atoms with van der Waals surface area (Å²) in [7, 11) is 0. The fraction of sp³-hybridized carbons (Fsp3) is 0.150. The molecular weight excluding hydrogens is 881 g/mol. The average molecular weight is 912 g/mol. The second-order valence-electron chi connectivity index (χ2n) is 12.3. The molecule has 0 bridgehead atoms. The molecule has 0 saturated carbocycles. The van der Waals surface area contributed by atoms with Crippen LogP contribution in [0.15, 0.2) is 119 Å². The second-order valence-corrected chi connectivity index (χ2v) is 13.4.